The van der Waals surface area contributed by atoms with Crippen molar-refractivity contribution in [1.29, 1.82) is 0 Å². The number of nitrogens with one attached hydrogen (secondary N) is 1. The average molecular weight is 462 g/mol. The van der Waals surface area contributed by atoms with Crippen molar-refractivity contribution in [2.45, 2.75) is 24.5 Å². The standard InChI is InChI=1S/C26H24FN3O2S/c27-20-13-15-22(16-14-20)28-24(31)18-23-25(32)30(17-7-10-19-8-3-1-4-9-19)26(33-23)29-21-11-5-2-6-12-21/h1-6,8-9,11-16,23H,7,10,17-18H2,(H,28,31). The maximum absolute atomic E-state index is 13.2. The number of benzene rings is 3. The van der Waals surface area contributed by atoms with Gasteiger partial charge in [0.05, 0.1) is 5.69 Å². The lowest BCUT2D eigenvalue weighted by Gasteiger charge is -2.16. The van der Waals surface area contributed by atoms with Crippen LogP contribution in [0.2, 0.25) is 0 Å². The van der Waals surface area contributed by atoms with E-state index in [0.29, 0.717) is 17.4 Å². The number of carbonyl (C=O) groups excluding carboxylic acids is 2. The molecule has 1 saturated heterocycles. The molecule has 1 atom stereocenters. The summed E-state index contributed by atoms with van der Waals surface area (Å²) in [4.78, 5) is 32.1. The second kappa shape index (κ2) is 10.9. The van der Waals surface area contributed by atoms with Crippen molar-refractivity contribution in [3.63, 3.8) is 0 Å². The summed E-state index contributed by atoms with van der Waals surface area (Å²) >= 11 is 1.31. The molecule has 0 aliphatic carbocycles. The lowest BCUT2D eigenvalue weighted by molar-refractivity contribution is -0.128. The van der Waals surface area contributed by atoms with Crippen molar-refractivity contribution in [1.82, 2.24) is 4.90 Å². The Morgan fingerprint density at radius 3 is 2.33 bits per heavy atom. The van der Waals surface area contributed by atoms with Gasteiger partial charge in [0.1, 0.15) is 11.1 Å². The number of hydrogen-bond acceptors (Lipinski definition) is 4. The Morgan fingerprint density at radius 2 is 1.64 bits per heavy atom. The second-order valence-electron chi connectivity index (χ2n) is 7.67. The van der Waals surface area contributed by atoms with Gasteiger partial charge < -0.3 is 5.32 Å². The summed E-state index contributed by atoms with van der Waals surface area (Å²) in [5, 5.41) is 2.79. The minimum atomic E-state index is -0.551. The second-order valence-corrected chi connectivity index (χ2v) is 8.84. The van der Waals surface area contributed by atoms with Crippen molar-refractivity contribution >= 4 is 40.1 Å². The van der Waals surface area contributed by atoms with Gasteiger partial charge in [-0.3, -0.25) is 14.5 Å². The van der Waals surface area contributed by atoms with Gasteiger partial charge in [-0.1, -0.05) is 60.3 Å². The highest BCUT2D eigenvalue weighted by Gasteiger charge is 2.38. The summed E-state index contributed by atoms with van der Waals surface area (Å²) in [7, 11) is 0. The molecule has 1 heterocycles. The number of amides is 2. The first-order valence-corrected chi connectivity index (χ1v) is 11.7. The molecule has 1 N–H and O–H groups in total. The molecule has 2 amide bonds. The van der Waals surface area contributed by atoms with Gasteiger partial charge in [-0.2, -0.15) is 0 Å². The largest absolute Gasteiger partial charge is 0.326 e. The van der Waals surface area contributed by atoms with Gasteiger partial charge in [-0.05, 0) is 54.8 Å². The Bertz CT molecular complexity index is 1120. The number of aliphatic imine (C=N–C) groups is 1. The molecule has 0 bridgehead atoms. The Morgan fingerprint density at radius 1 is 0.970 bits per heavy atom. The predicted molar refractivity (Wildman–Crippen MR) is 131 cm³/mol. The van der Waals surface area contributed by atoms with E-state index in [1.165, 1.54) is 41.6 Å². The molecule has 168 valence electrons. The van der Waals surface area contributed by atoms with Crippen molar-refractivity contribution < 1.29 is 14.0 Å². The molecule has 5 nitrogen and oxygen atoms in total. The molecule has 1 aliphatic heterocycles. The van der Waals surface area contributed by atoms with Crippen molar-refractivity contribution in [3.05, 3.63) is 96.3 Å². The molecule has 0 aromatic heterocycles. The summed E-state index contributed by atoms with van der Waals surface area (Å²) in [5.74, 6) is -0.780. The first-order valence-electron chi connectivity index (χ1n) is 10.8. The molecule has 3 aromatic rings. The smallest absolute Gasteiger partial charge is 0.242 e. The lowest BCUT2D eigenvalue weighted by Crippen LogP contribution is -2.34. The number of hydrogen-bond donors (Lipinski definition) is 1. The van der Waals surface area contributed by atoms with Gasteiger partial charge in [0.15, 0.2) is 5.17 Å². The van der Waals surface area contributed by atoms with Gasteiger partial charge in [-0.25, -0.2) is 9.38 Å². The van der Waals surface area contributed by atoms with E-state index in [1.807, 2.05) is 48.5 Å². The highest BCUT2D eigenvalue weighted by Crippen LogP contribution is 2.32. The summed E-state index contributed by atoms with van der Waals surface area (Å²) in [6.07, 6.45) is 1.66. The minimum absolute atomic E-state index is 0.0177. The van der Waals surface area contributed by atoms with Crippen LogP contribution >= 0.6 is 11.8 Å². The molecule has 1 fully saturated rings. The quantitative estimate of drug-likeness (QED) is 0.487. The van der Waals surface area contributed by atoms with Crippen LogP contribution in [0.4, 0.5) is 15.8 Å². The van der Waals surface area contributed by atoms with Crippen LogP contribution in [0, 0.1) is 5.82 Å². The molecular formula is C26H24FN3O2S. The highest BCUT2D eigenvalue weighted by molar-refractivity contribution is 8.15. The third-order valence-electron chi connectivity index (χ3n) is 5.19. The fourth-order valence-corrected chi connectivity index (χ4v) is 4.73. The number of halogens is 1. The van der Waals surface area contributed by atoms with Crippen molar-refractivity contribution in [2.75, 3.05) is 11.9 Å². The van der Waals surface area contributed by atoms with Crippen LogP contribution in [0.15, 0.2) is 89.9 Å². The van der Waals surface area contributed by atoms with Crippen LogP contribution in [0.5, 0.6) is 0 Å². The SMILES string of the molecule is O=C(CC1SC(=Nc2ccccc2)N(CCCc2ccccc2)C1=O)Nc1ccc(F)cc1. The third kappa shape index (κ3) is 6.29. The third-order valence-corrected chi connectivity index (χ3v) is 6.37. The number of aryl methyl sites for hydroxylation is 1. The molecule has 0 saturated carbocycles. The van der Waals surface area contributed by atoms with Crippen LogP contribution in [0.1, 0.15) is 18.4 Å². The van der Waals surface area contributed by atoms with Crippen molar-refractivity contribution in [2.24, 2.45) is 4.99 Å². The topological polar surface area (TPSA) is 61.8 Å². The Kier molecular flexibility index (Phi) is 7.52. The van der Waals surface area contributed by atoms with E-state index in [4.69, 9.17) is 0 Å². The molecule has 33 heavy (non-hydrogen) atoms. The number of para-hydroxylation sites is 1. The predicted octanol–water partition coefficient (Wildman–Crippen LogP) is 5.42. The summed E-state index contributed by atoms with van der Waals surface area (Å²) in [5.41, 5.74) is 2.47. The zero-order chi connectivity index (χ0) is 23.0. The van der Waals surface area contributed by atoms with Crippen LogP contribution in [0.25, 0.3) is 0 Å². The molecule has 1 aliphatic rings. The summed E-state index contributed by atoms with van der Waals surface area (Å²) in [6, 6.07) is 25.2. The molecule has 0 radical (unpaired) electrons. The summed E-state index contributed by atoms with van der Waals surface area (Å²) in [6.45, 7) is 0.530. The van der Waals surface area contributed by atoms with E-state index in [-0.39, 0.29) is 24.1 Å². The number of carbonyl (C=O) groups is 2. The molecule has 4 rings (SSSR count). The van der Waals surface area contributed by atoms with Crippen LogP contribution in [-0.2, 0) is 16.0 Å². The Hall–Kier alpha value is -3.45. The maximum atomic E-state index is 13.2. The zero-order valence-corrected chi connectivity index (χ0v) is 18.8. The molecule has 1 unspecified atom stereocenters. The fraction of sp³-hybridized carbons (Fsp3) is 0.192. The van der Waals surface area contributed by atoms with E-state index in [1.54, 1.807) is 4.90 Å². The number of amidine groups is 1. The molecule has 0 spiro atoms. The zero-order valence-electron chi connectivity index (χ0n) is 18.0. The van der Waals surface area contributed by atoms with Gasteiger partial charge in [-0.15, -0.1) is 0 Å². The maximum Gasteiger partial charge on any atom is 0.242 e. The van der Waals surface area contributed by atoms with E-state index >= 15 is 0 Å². The Labute approximate surface area is 196 Å². The molecular weight excluding hydrogens is 437 g/mol. The van der Waals surface area contributed by atoms with Crippen molar-refractivity contribution in [3.8, 4) is 0 Å². The van der Waals surface area contributed by atoms with Gasteiger partial charge >= 0.3 is 0 Å². The monoisotopic (exact) mass is 461 g/mol. The Balaban J connectivity index is 1.44. The highest BCUT2D eigenvalue weighted by atomic mass is 32.2. The first kappa shape index (κ1) is 22.7. The lowest BCUT2D eigenvalue weighted by atomic mass is 10.1. The van der Waals surface area contributed by atoms with E-state index in [0.717, 1.165) is 18.5 Å². The van der Waals surface area contributed by atoms with Crippen LogP contribution < -0.4 is 5.32 Å². The number of thioether (sulfide) groups is 1. The van der Waals surface area contributed by atoms with Gasteiger partial charge in [0.25, 0.3) is 0 Å². The van der Waals surface area contributed by atoms with E-state index < -0.39 is 5.25 Å². The molecule has 3 aromatic carbocycles. The van der Waals surface area contributed by atoms with Gasteiger partial charge in [0.2, 0.25) is 11.8 Å². The number of rotatable bonds is 8. The van der Waals surface area contributed by atoms with Crippen LogP contribution in [0.3, 0.4) is 0 Å². The molecule has 7 heteroatoms. The summed E-state index contributed by atoms with van der Waals surface area (Å²) < 4.78 is 13.1. The van der Waals surface area contributed by atoms with E-state index in [2.05, 4.69) is 22.4 Å². The number of anilines is 1. The minimum Gasteiger partial charge on any atom is -0.326 e. The first-order chi connectivity index (χ1) is 16.1. The average Bonchev–Trinajstić information content (AvgIpc) is 3.10. The van der Waals surface area contributed by atoms with E-state index in [9.17, 15) is 14.0 Å². The normalized spacial score (nSPS) is 16.9. The number of nitrogens with zero attached hydrogens (tertiary/aromatic N) is 2. The fourth-order valence-electron chi connectivity index (χ4n) is 3.54. The van der Waals surface area contributed by atoms with Crippen LogP contribution in [-0.4, -0.2) is 33.7 Å². The van der Waals surface area contributed by atoms with Gasteiger partial charge in [0, 0.05) is 18.7 Å².